The molecule has 2 heteroatoms. The number of benzene rings is 1. The SMILES string of the molecule is C=C(C)CN1CCCNC(Cc2ccccc2)C1. The zero-order chi connectivity index (χ0) is 12.8. The van der Waals surface area contributed by atoms with Crippen LogP contribution in [0.5, 0.6) is 0 Å². The lowest BCUT2D eigenvalue weighted by Gasteiger charge is -2.24. The van der Waals surface area contributed by atoms with E-state index in [1.165, 1.54) is 24.1 Å². The van der Waals surface area contributed by atoms with Gasteiger partial charge in [-0.2, -0.15) is 0 Å². The Balaban J connectivity index is 1.92. The van der Waals surface area contributed by atoms with Gasteiger partial charge < -0.3 is 5.32 Å². The molecule has 0 bridgehead atoms. The summed E-state index contributed by atoms with van der Waals surface area (Å²) in [6.07, 6.45) is 2.35. The fraction of sp³-hybridized carbons (Fsp3) is 0.500. The van der Waals surface area contributed by atoms with E-state index in [2.05, 4.69) is 54.1 Å². The summed E-state index contributed by atoms with van der Waals surface area (Å²) in [6.45, 7) is 10.6. The maximum Gasteiger partial charge on any atom is 0.0235 e. The maximum absolute atomic E-state index is 4.03. The summed E-state index contributed by atoms with van der Waals surface area (Å²) < 4.78 is 0. The summed E-state index contributed by atoms with van der Waals surface area (Å²) in [4.78, 5) is 2.52. The fourth-order valence-electron chi connectivity index (χ4n) is 2.64. The van der Waals surface area contributed by atoms with Crippen molar-refractivity contribution in [2.24, 2.45) is 0 Å². The highest BCUT2D eigenvalue weighted by atomic mass is 15.2. The van der Waals surface area contributed by atoms with E-state index in [0.29, 0.717) is 6.04 Å². The van der Waals surface area contributed by atoms with Crippen LogP contribution in [-0.2, 0) is 6.42 Å². The van der Waals surface area contributed by atoms with Gasteiger partial charge in [0.05, 0.1) is 0 Å². The minimum absolute atomic E-state index is 0.564. The molecule has 1 N–H and O–H groups in total. The van der Waals surface area contributed by atoms with E-state index in [0.717, 1.165) is 26.1 Å². The van der Waals surface area contributed by atoms with Gasteiger partial charge >= 0.3 is 0 Å². The smallest absolute Gasteiger partial charge is 0.0235 e. The number of rotatable bonds is 4. The van der Waals surface area contributed by atoms with Crippen LogP contribution in [0.25, 0.3) is 0 Å². The Morgan fingerprint density at radius 2 is 2.17 bits per heavy atom. The highest BCUT2D eigenvalue weighted by Crippen LogP contribution is 2.09. The molecular formula is C16H24N2. The molecule has 1 saturated heterocycles. The van der Waals surface area contributed by atoms with Gasteiger partial charge in [-0.15, -0.1) is 0 Å². The Kier molecular flexibility index (Phi) is 4.97. The molecule has 18 heavy (non-hydrogen) atoms. The van der Waals surface area contributed by atoms with Crippen molar-refractivity contribution in [3.63, 3.8) is 0 Å². The molecule has 1 unspecified atom stereocenters. The van der Waals surface area contributed by atoms with Gasteiger partial charge in [0.15, 0.2) is 0 Å². The van der Waals surface area contributed by atoms with E-state index in [-0.39, 0.29) is 0 Å². The second-order valence-electron chi connectivity index (χ2n) is 5.39. The topological polar surface area (TPSA) is 15.3 Å². The van der Waals surface area contributed by atoms with Crippen molar-refractivity contribution in [2.45, 2.75) is 25.8 Å². The van der Waals surface area contributed by atoms with Gasteiger partial charge in [-0.1, -0.05) is 42.5 Å². The van der Waals surface area contributed by atoms with Crippen LogP contribution in [0, 0.1) is 0 Å². The molecule has 1 aromatic carbocycles. The first-order valence-corrected chi connectivity index (χ1v) is 6.88. The van der Waals surface area contributed by atoms with Gasteiger partial charge in [-0.25, -0.2) is 0 Å². The van der Waals surface area contributed by atoms with Crippen LogP contribution < -0.4 is 5.32 Å². The van der Waals surface area contributed by atoms with Crippen LogP contribution in [0.1, 0.15) is 18.9 Å². The largest absolute Gasteiger partial charge is 0.312 e. The standard InChI is InChI=1S/C16H24N2/c1-14(2)12-18-10-6-9-17-16(13-18)11-15-7-4-3-5-8-15/h3-5,7-8,16-17H,1,6,9-13H2,2H3. The van der Waals surface area contributed by atoms with Crippen LogP contribution in [0.2, 0.25) is 0 Å². The van der Waals surface area contributed by atoms with Crippen LogP contribution >= 0.6 is 0 Å². The number of hydrogen-bond acceptors (Lipinski definition) is 2. The lowest BCUT2D eigenvalue weighted by atomic mass is 10.1. The molecule has 2 rings (SSSR count). The molecule has 0 aliphatic carbocycles. The Hall–Kier alpha value is -1.12. The van der Waals surface area contributed by atoms with Crippen molar-refractivity contribution in [3.05, 3.63) is 48.0 Å². The van der Waals surface area contributed by atoms with Gasteiger partial charge in [0.25, 0.3) is 0 Å². The van der Waals surface area contributed by atoms with Crippen LogP contribution in [0.4, 0.5) is 0 Å². The minimum atomic E-state index is 0.564. The molecule has 1 fully saturated rings. The molecule has 0 aromatic heterocycles. The van der Waals surface area contributed by atoms with E-state index in [1.54, 1.807) is 0 Å². The third kappa shape index (κ3) is 4.28. The lowest BCUT2D eigenvalue weighted by Crippen LogP contribution is -2.39. The molecule has 98 valence electrons. The molecule has 1 aromatic rings. The summed E-state index contributed by atoms with van der Waals surface area (Å²) in [5.74, 6) is 0. The van der Waals surface area contributed by atoms with Gasteiger partial charge in [0.1, 0.15) is 0 Å². The monoisotopic (exact) mass is 244 g/mol. The second-order valence-corrected chi connectivity index (χ2v) is 5.39. The van der Waals surface area contributed by atoms with Crippen LogP contribution in [-0.4, -0.2) is 37.1 Å². The van der Waals surface area contributed by atoms with Crippen molar-refractivity contribution >= 4 is 0 Å². The predicted octanol–water partition coefficient (Wildman–Crippen LogP) is 2.47. The van der Waals surface area contributed by atoms with Gasteiger partial charge in [-0.05, 0) is 38.4 Å². The summed E-state index contributed by atoms with van der Waals surface area (Å²) in [7, 11) is 0. The van der Waals surface area contributed by atoms with Gasteiger partial charge in [0.2, 0.25) is 0 Å². The molecule has 0 saturated carbocycles. The van der Waals surface area contributed by atoms with Crippen molar-refractivity contribution in [3.8, 4) is 0 Å². The molecular weight excluding hydrogens is 220 g/mol. The second kappa shape index (κ2) is 6.72. The molecule has 2 nitrogen and oxygen atoms in total. The first-order valence-electron chi connectivity index (χ1n) is 6.88. The Morgan fingerprint density at radius 1 is 1.39 bits per heavy atom. The average Bonchev–Trinajstić information content (AvgIpc) is 2.55. The molecule has 0 spiro atoms. The Labute approximate surface area is 111 Å². The number of nitrogens with one attached hydrogen (secondary N) is 1. The maximum atomic E-state index is 4.03. The molecule has 1 heterocycles. The first-order chi connectivity index (χ1) is 8.74. The normalized spacial score (nSPS) is 21.5. The van der Waals surface area contributed by atoms with E-state index in [1.807, 2.05) is 0 Å². The van der Waals surface area contributed by atoms with Crippen LogP contribution in [0.15, 0.2) is 42.5 Å². The summed E-state index contributed by atoms with van der Waals surface area (Å²) in [5.41, 5.74) is 2.68. The quantitative estimate of drug-likeness (QED) is 0.819. The Morgan fingerprint density at radius 3 is 2.89 bits per heavy atom. The van der Waals surface area contributed by atoms with E-state index in [9.17, 15) is 0 Å². The fourth-order valence-corrected chi connectivity index (χ4v) is 2.64. The zero-order valence-electron chi connectivity index (χ0n) is 11.4. The molecule has 0 radical (unpaired) electrons. The lowest BCUT2D eigenvalue weighted by molar-refractivity contribution is 0.288. The third-order valence-electron chi connectivity index (χ3n) is 3.38. The Bertz CT molecular complexity index is 372. The zero-order valence-corrected chi connectivity index (χ0v) is 11.4. The number of hydrogen-bond donors (Lipinski definition) is 1. The molecule has 0 amide bonds. The highest BCUT2D eigenvalue weighted by molar-refractivity contribution is 5.16. The predicted molar refractivity (Wildman–Crippen MR) is 77.8 cm³/mol. The summed E-state index contributed by atoms with van der Waals surface area (Å²) in [6, 6.07) is 11.3. The summed E-state index contributed by atoms with van der Waals surface area (Å²) in [5, 5.41) is 3.66. The van der Waals surface area contributed by atoms with E-state index >= 15 is 0 Å². The minimum Gasteiger partial charge on any atom is -0.312 e. The highest BCUT2D eigenvalue weighted by Gasteiger charge is 2.17. The van der Waals surface area contributed by atoms with Crippen molar-refractivity contribution in [1.82, 2.24) is 10.2 Å². The molecule has 1 aliphatic rings. The van der Waals surface area contributed by atoms with Gasteiger partial charge in [-0.3, -0.25) is 4.90 Å². The van der Waals surface area contributed by atoms with E-state index < -0.39 is 0 Å². The average molecular weight is 244 g/mol. The van der Waals surface area contributed by atoms with E-state index in [4.69, 9.17) is 0 Å². The van der Waals surface area contributed by atoms with Crippen molar-refractivity contribution in [1.29, 1.82) is 0 Å². The van der Waals surface area contributed by atoms with Gasteiger partial charge in [0, 0.05) is 19.1 Å². The third-order valence-corrected chi connectivity index (χ3v) is 3.38. The molecule has 1 aliphatic heterocycles. The first kappa shape index (κ1) is 13.3. The van der Waals surface area contributed by atoms with Crippen LogP contribution in [0.3, 0.4) is 0 Å². The van der Waals surface area contributed by atoms with Crippen molar-refractivity contribution in [2.75, 3.05) is 26.2 Å². The van der Waals surface area contributed by atoms with Crippen molar-refractivity contribution < 1.29 is 0 Å². The number of nitrogens with zero attached hydrogens (tertiary/aromatic N) is 1. The molecule has 1 atom stereocenters. The summed E-state index contributed by atoms with van der Waals surface area (Å²) >= 11 is 0.